The number of carbonyl (C=O) groups is 2. The predicted molar refractivity (Wildman–Crippen MR) is 78.2 cm³/mol. The van der Waals surface area contributed by atoms with E-state index >= 15 is 0 Å². The number of fused-ring (bicyclic) bond motifs is 1. The van der Waals surface area contributed by atoms with Crippen molar-refractivity contribution in [3.63, 3.8) is 0 Å². The van der Waals surface area contributed by atoms with Gasteiger partial charge in [-0.05, 0) is 30.5 Å². The zero-order valence-electron chi connectivity index (χ0n) is 12.0. The number of nitrogens with one attached hydrogen (secondary N) is 2. The van der Waals surface area contributed by atoms with E-state index in [1.165, 1.54) is 0 Å². The van der Waals surface area contributed by atoms with Gasteiger partial charge in [-0.2, -0.15) is 5.26 Å². The Morgan fingerprint density at radius 1 is 1.55 bits per heavy atom. The zero-order chi connectivity index (χ0) is 15.5. The number of ether oxygens (including phenoxy) is 1. The molecule has 0 unspecified atom stereocenters. The Morgan fingerprint density at radius 2 is 2.41 bits per heavy atom. The number of hydrogen-bond donors (Lipinski definition) is 2. The minimum atomic E-state index is -0.229. The molecule has 0 radical (unpaired) electrons. The summed E-state index contributed by atoms with van der Waals surface area (Å²) in [6.45, 7) is 1.97. The van der Waals surface area contributed by atoms with Gasteiger partial charge in [-0.15, -0.1) is 0 Å². The molecule has 7 heteroatoms. The molecule has 1 atom stereocenters. The van der Waals surface area contributed by atoms with Crippen LogP contribution in [0.3, 0.4) is 0 Å². The summed E-state index contributed by atoms with van der Waals surface area (Å²) >= 11 is 0. The van der Waals surface area contributed by atoms with Crippen LogP contribution >= 0.6 is 0 Å². The fraction of sp³-hybridized carbons (Fsp3) is 0.400. The second-order valence-electron chi connectivity index (χ2n) is 5.46. The Labute approximate surface area is 127 Å². The molecular weight excluding hydrogens is 284 g/mol. The number of nitrogens with zero attached hydrogens (tertiary/aromatic N) is 2. The van der Waals surface area contributed by atoms with E-state index in [9.17, 15) is 9.59 Å². The molecule has 1 aromatic rings. The highest BCUT2D eigenvalue weighted by molar-refractivity contribution is 5.99. The number of rotatable bonds is 3. The molecule has 3 rings (SSSR count). The predicted octanol–water partition coefficient (Wildman–Crippen LogP) is 0.550. The molecule has 1 aromatic carbocycles. The van der Waals surface area contributed by atoms with Crippen LogP contribution in [0.25, 0.3) is 0 Å². The molecule has 2 heterocycles. The van der Waals surface area contributed by atoms with E-state index in [4.69, 9.17) is 10.00 Å². The molecule has 1 saturated heterocycles. The lowest BCUT2D eigenvalue weighted by atomic mass is 10.1. The van der Waals surface area contributed by atoms with Crippen molar-refractivity contribution in [2.24, 2.45) is 5.92 Å². The summed E-state index contributed by atoms with van der Waals surface area (Å²) in [4.78, 5) is 25.2. The maximum atomic E-state index is 12.2. The van der Waals surface area contributed by atoms with E-state index < -0.39 is 0 Å². The van der Waals surface area contributed by atoms with Gasteiger partial charge < -0.3 is 20.3 Å². The molecule has 0 aliphatic carbocycles. The molecule has 0 saturated carbocycles. The zero-order valence-corrected chi connectivity index (χ0v) is 12.0. The molecule has 2 aliphatic rings. The third-order valence-electron chi connectivity index (χ3n) is 3.85. The average molecular weight is 300 g/mol. The Balaban J connectivity index is 1.60. The van der Waals surface area contributed by atoms with E-state index in [0.29, 0.717) is 36.0 Å². The molecule has 1 fully saturated rings. The quantitative estimate of drug-likeness (QED) is 0.795. The van der Waals surface area contributed by atoms with E-state index in [1.807, 2.05) is 0 Å². The van der Waals surface area contributed by atoms with E-state index in [2.05, 4.69) is 16.8 Å². The summed E-state index contributed by atoms with van der Waals surface area (Å²) in [6, 6.07) is 4.95. The topological polar surface area (TPSA) is 94.5 Å². The van der Waals surface area contributed by atoms with Gasteiger partial charge in [0, 0.05) is 25.2 Å². The highest BCUT2D eigenvalue weighted by Crippen LogP contribution is 2.28. The normalized spacial score (nSPS) is 19.7. The maximum Gasteiger partial charge on any atom is 0.262 e. The van der Waals surface area contributed by atoms with E-state index in [0.717, 1.165) is 13.0 Å². The number of likely N-dealkylation sites (tertiary alicyclic amines) is 1. The smallest absolute Gasteiger partial charge is 0.262 e. The lowest BCUT2D eigenvalue weighted by Gasteiger charge is -2.18. The van der Waals surface area contributed by atoms with Gasteiger partial charge in [-0.25, -0.2) is 0 Å². The monoisotopic (exact) mass is 300 g/mol. The molecule has 2 amide bonds. The van der Waals surface area contributed by atoms with Gasteiger partial charge >= 0.3 is 0 Å². The lowest BCUT2D eigenvalue weighted by Crippen LogP contribution is -2.31. The first-order valence-electron chi connectivity index (χ1n) is 7.15. The number of amides is 2. The number of benzene rings is 1. The molecule has 7 nitrogen and oxygen atoms in total. The van der Waals surface area contributed by atoms with Crippen molar-refractivity contribution in [3.8, 4) is 11.9 Å². The largest absolute Gasteiger partial charge is 0.482 e. The van der Waals surface area contributed by atoms with Crippen molar-refractivity contribution in [2.45, 2.75) is 6.42 Å². The fourth-order valence-electron chi connectivity index (χ4n) is 2.65. The Bertz CT molecular complexity index is 653. The Hall–Kier alpha value is -2.75. The van der Waals surface area contributed by atoms with E-state index in [-0.39, 0.29) is 18.4 Å². The van der Waals surface area contributed by atoms with Gasteiger partial charge in [0.15, 0.2) is 12.8 Å². The standard InChI is InChI=1S/C15H16N4O3/c16-9-19-4-3-10(7-19)6-17-15(21)11-1-2-13-12(5-11)18-14(20)8-22-13/h1-2,5,10H,3-4,6-8H2,(H,17,21)(H,18,20)/t10-/m0/s1. The van der Waals surface area contributed by atoms with Crippen LogP contribution in [0, 0.1) is 17.4 Å². The molecule has 0 spiro atoms. The van der Waals surface area contributed by atoms with Crippen LogP contribution in [0.1, 0.15) is 16.8 Å². The average Bonchev–Trinajstić information content (AvgIpc) is 3.00. The minimum Gasteiger partial charge on any atom is -0.482 e. The van der Waals surface area contributed by atoms with Crippen LogP contribution in [0.4, 0.5) is 5.69 Å². The summed E-state index contributed by atoms with van der Waals surface area (Å²) < 4.78 is 5.26. The van der Waals surface area contributed by atoms with Crippen LogP contribution in [0.15, 0.2) is 18.2 Å². The molecule has 114 valence electrons. The summed E-state index contributed by atoms with van der Waals surface area (Å²) in [5.74, 6) is 0.437. The fourth-order valence-corrected chi connectivity index (χ4v) is 2.65. The van der Waals surface area contributed by atoms with Crippen LogP contribution in [0.2, 0.25) is 0 Å². The van der Waals surface area contributed by atoms with Crippen molar-refractivity contribution < 1.29 is 14.3 Å². The first-order chi connectivity index (χ1) is 10.7. The van der Waals surface area contributed by atoms with Gasteiger partial charge in [-0.3, -0.25) is 9.59 Å². The molecule has 2 N–H and O–H groups in total. The summed E-state index contributed by atoms with van der Waals surface area (Å²) in [6.07, 6.45) is 3.02. The molecule has 0 bridgehead atoms. The molecule has 2 aliphatic heterocycles. The van der Waals surface area contributed by atoms with Gasteiger partial charge in [0.25, 0.3) is 11.8 Å². The van der Waals surface area contributed by atoms with Crippen molar-refractivity contribution in [3.05, 3.63) is 23.8 Å². The highest BCUT2D eigenvalue weighted by Gasteiger charge is 2.22. The number of nitriles is 1. The second-order valence-corrected chi connectivity index (χ2v) is 5.46. The van der Waals surface area contributed by atoms with Crippen LogP contribution in [-0.4, -0.2) is 43.0 Å². The van der Waals surface area contributed by atoms with Crippen LogP contribution in [-0.2, 0) is 4.79 Å². The lowest BCUT2D eigenvalue weighted by molar-refractivity contribution is -0.118. The number of carbonyl (C=O) groups excluding carboxylic acids is 2. The first kappa shape index (κ1) is 14.2. The van der Waals surface area contributed by atoms with Crippen molar-refractivity contribution in [2.75, 3.05) is 31.6 Å². The van der Waals surface area contributed by atoms with Gasteiger partial charge in [0.1, 0.15) is 5.75 Å². The number of anilines is 1. The van der Waals surface area contributed by atoms with Crippen molar-refractivity contribution in [1.82, 2.24) is 10.2 Å². The number of hydrogen-bond acceptors (Lipinski definition) is 5. The van der Waals surface area contributed by atoms with Gasteiger partial charge in [0.05, 0.1) is 5.69 Å². The van der Waals surface area contributed by atoms with Gasteiger partial charge in [0.2, 0.25) is 0 Å². The maximum absolute atomic E-state index is 12.2. The van der Waals surface area contributed by atoms with Crippen molar-refractivity contribution in [1.29, 1.82) is 5.26 Å². The summed E-state index contributed by atoms with van der Waals surface area (Å²) in [5.41, 5.74) is 0.986. The van der Waals surface area contributed by atoms with Gasteiger partial charge in [-0.1, -0.05) is 0 Å². The summed E-state index contributed by atoms with van der Waals surface area (Å²) in [5, 5.41) is 14.4. The second kappa shape index (κ2) is 5.93. The third-order valence-corrected chi connectivity index (χ3v) is 3.85. The Morgan fingerprint density at radius 3 is 3.18 bits per heavy atom. The molecule has 0 aromatic heterocycles. The SMILES string of the molecule is N#CN1CC[C@@H](CNC(=O)c2ccc3c(c2)NC(=O)CO3)C1. The van der Waals surface area contributed by atoms with Crippen LogP contribution < -0.4 is 15.4 Å². The summed E-state index contributed by atoms with van der Waals surface area (Å²) in [7, 11) is 0. The van der Waals surface area contributed by atoms with Crippen molar-refractivity contribution >= 4 is 17.5 Å². The third kappa shape index (κ3) is 2.96. The first-order valence-corrected chi connectivity index (χ1v) is 7.15. The molecular formula is C15H16N4O3. The van der Waals surface area contributed by atoms with Crippen LogP contribution in [0.5, 0.6) is 5.75 Å². The molecule has 22 heavy (non-hydrogen) atoms. The van der Waals surface area contributed by atoms with E-state index in [1.54, 1.807) is 23.1 Å². The highest BCUT2D eigenvalue weighted by atomic mass is 16.5. The minimum absolute atomic E-state index is 0.00435. The Kier molecular flexibility index (Phi) is 3.83.